The molecule has 1 aromatic heterocycles. The fourth-order valence-corrected chi connectivity index (χ4v) is 3.70. The van der Waals surface area contributed by atoms with E-state index in [1.165, 1.54) is 5.56 Å². The molecular weight excluding hydrogens is 232 g/mol. The summed E-state index contributed by atoms with van der Waals surface area (Å²) in [7, 11) is 0. The van der Waals surface area contributed by atoms with Crippen LogP contribution in [0.5, 0.6) is 0 Å². The fraction of sp³-hybridized carbons (Fsp3) is 0.615. The van der Waals surface area contributed by atoms with Gasteiger partial charge in [-0.3, -0.25) is 4.79 Å². The van der Waals surface area contributed by atoms with Gasteiger partial charge in [-0.1, -0.05) is 0 Å². The van der Waals surface area contributed by atoms with Crippen molar-refractivity contribution >= 4 is 17.2 Å². The van der Waals surface area contributed by atoms with E-state index < -0.39 is 0 Å². The van der Waals surface area contributed by atoms with E-state index in [1.807, 2.05) is 0 Å². The highest BCUT2D eigenvalue weighted by Gasteiger charge is 2.36. The number of hydrogen-bond donors (Lipinski definition) is 1. The maximum atomic E-state index is 12.1. The number of hydrogen-bond acceptors (Lipinski definition) is 3. The molecule has 4 heteroatoms. The Morgan fingerprint density at radius 2 is 2.41 bits per heavy atom. The minimum atomic E-state index is 0.347. The van der Waals surface area contributed by atoms with E-state index in [-0.39, 0.29) is 0 Å². The third-order valence-electron chi connectivity index (χ3n) is 3.95. The molecule has 0 bridgehead atoms. The van der Waals surface area contributed by atoms with Gasteiger partial charge in [0.1, 0.15) is 0 Å². The molecule has 1 N–H and O–H groups in total. The van der Waals surface area contributed by atoms with Gasteiger partial charge < -0.3 is 10.2 Å². The van der Waals surface area contributed by atoms with Crippen LogP contribution in [-0.2, 0) is 11.3 Å². The van der Waals surface area contributed by atoms with Crippen LogP contribution in [0, 0.1) is 5.92 Å². The molecule has 0 aliphatic carbocycles. The molecule has 2 aliphatic heterocycles. The van der Waals surface area contributed by atoms with Gasteiger partial charge in [0.25, 0.3) is 0 Å². The number of carbonyl (C=O) groups is 1. The lowest BCUT2D eigenvalue weighted by Gasteiger charge is -2.44. The van der Waals surface area contributed by atoms with E-state index in [0.29, 0.717) is 17.9 Å². The number of piperidine rings is 2. The predicted molar refractivity (Wildman–Crippen MR) is 68.9 cm³/mol. The molecule has 2 unspecified atom stereocenters. The van der Waals surface area contributed by atoms with Gasteiger partial charge in [-0.15, -0.1) is 0 Å². The molecule has 0 saturated carbocycles. The molecule has 0 aromatic carbocycles. The molecule has 3 nitrogen and oxygen atoms in total. The molecule has 2 fully saturated rings. The van der Waals surface area contributed by atoms with Crippen molar-refractivity contribution in [3.63, 3.8) is 0 Å². The number of rotatable bonds is 2. The summed E-state index contributed by atoms with van der Waals surface area (Å²) in [6.07, 6.45) is 2.91. The molecule has 2 atom stereocenters. The molecule has 1 amide bonds. The molecule has 2 aliphatic rings. The molecule has 92 valence electrons. The Bertz CT molecular complexity index is 390. The number of carbonyl (C=O) groups excluding carboxylic acids is 1. The van der Waals surface area contributed by atoms with Gasteiger partial charge in [-0.05, 0) is 54.2 Å². The third kappa shape index (κ3) is 2.24. The predicted octanol–water partition coefficient (Wildman–Crippen LogP) is 1.85. The SMILES string of the molecule is O=C1CCC2CNCCC2N1Cc1ccsc1. The lowest BCUT2D eigenvalue weighted by molar-refractivity contribution is -0.140. The molecule has 17 heavy (non-hydrogen) atoms. The summed E-state index contributed by atoms with van der Waals surface area (Å²) in [5.74, 6) is 1.01. The molecule has 2 saturated heterocycles. The van der Waals surface area contributed by atoms with Crippen molar-refractivity contribution < 1.29 is 4.79 Å². The Hall–Kier alpha value is -0.870. The smallest absolute Gasteiger partial charge is 0.223 e. The molecular formula is C13H18N2OS. The second-order valence-corrected chi connectivity index (χ2v) is 5.79. The maximum absolute atomic E-state index is 12.1. The quantitative estimate of drug-likeness (QED) is 0.869. The number of fused-ring (bicyclic) bond motifs is 1. The Balaban J connectivity index is 1.76. The number of amides is 1. The largest absolute Gasteiger partial charge is 0.335 e. The topological polar surface area (TPSA) is 32.3 Å². The van der Waals surface area contributed by atoms with Crippen molar-refractivity contribution in [3.05, 3.63) is 22.4 Å². The molecule has 3 heterocycles. The summed E-state index contributed by atoms with van der Waals surface area (Å²) in [5, 5.41) is 7.68. The zero-order valence-corrected chi connectivity index (χ0v) is 10.7. The highest BCUT2D eigenvalue weighted by molar-refractivity contribution is 7.07. The summed E-state index contributed by atoms with van der Waals surface area (Å²) < 4.78 is 0. The van der Waals surface area contributed by atoms with E-state index in [4.69, 9.17) is 0 Å². The summed E-state index contributed by atoms with van der Waals surface area (Å²) in [4.78, 5) is 14.2. The average molecular weight is 250 g/mol. The van der Waals surface area contributed by atoms with E-state index >= 15 is 0 Å². The lowest BCUT2D eigenvalue weighted by Crippen LogP contribution is -2.54. The van der Waals surface area contributed by atoms with E-state index in [9.17, 15) is 4.79 Å². The lowest BCUT2D eigenvalue weighted by atomic mass is 9.84. The summed E-state index contributed by atoms with van der Waals surface area (Å²) >= 11 is 1.71. The van der Waals surface area contributed by atoms with Crippen LogP contribution in [0.4, 0.5) is 0 Å². The maximum Gasteiger partial charge on any atom is 0.223 e. The van der Waals surface area contributed by atoms with Crippen LogP contribution in [0.15, 0.2) is 16.8 Å². The monoisotopic (exact) mass is 250 g/mol. The first-order chi connectivity index (χ1) is 8.34. The zero-order valence-electron chi connectivity index (χ0n) is 9.89. The van der Waals surface area contributed by atoms with Crippen molar-refractivity contribution in [2.75, 3.05) is 13.1 Å². The summed E-state index contributed by atoms with van der Waals surface area (Å²) in [6, 6.07) is 2.60. The van der Waals surface area contributed by atoms with Gasteiger partial charge in [0.15, 0.2) is 0 Å². The molecule has 0 radical (unpaired) electrons. The third-order valence-corrected chi connectivity index (χ3v) is 4.68. The van der Waals surface area contributed by atoms with Crippen molar-refractivity contribution in [3.8, 4) is 0 Å². The van der Waals surface area contributed by atoms with Crippen LogP contribution in [0.3, 0.4) is 0 Å². The first-order valence-electron chi connectivity index (χ1n) is 6.36. The average Bonchev–Trinajstić information content (AvgIpc) is 2.86. The van der Waals surface area contributed by atoms with Gasteiger partial charge >= 0.3 is 0 Å². The minimum Gasteiger partial charge on any atom is -0.335 e. The van der Waals surface area contributed by atoms with Crippen LogP contribution < -0.4 is 5.32 Å². The number of nitrogens with one attached hydrogen (secondary N) is 1. The van der Waals surface area contributed by atoms with Crippen LogP contribution >= 0.6 is 11.3 Å². The molecule has 1 aromatic rings. The van der Waals surface area contributed by atoms with E-state index in [2.05, 4.69) is 27.0 Å². The second-order valence-electron chi connectivity index (χ2n) is 5.01. The Morgan fingerprint density at radius 3 is 3.24 bits per heavy atom. The first-order valence-corrected chi connectivity index (χ1v) is 7.30. The summed E-state index contributed by atoms with van der Waals surface area (Å²) in [5.41, 5.74) is 1.28. The number of likely N-dealkylation sites (tertiary alicyclic amines) is 1. The normalized spacial score (nSPS) is 29.2. The van der Waals surface area contributed by atoms with Crippen molar-refractivity contribution in [1.82, 2.24) is 10.2 Å². The standard InChI is InChI=1S/C13H18N2OS/c16-13-2-1-11-7-14-5-3-12(11)15(13)8-10-4-6-17-9-10/h4,6,9,11-12,14H,1-3,5,7-8H2. The van der Waals surface area contributed by atoms with Gasteiger partial charge in [-0.2, -0.15) is 11.3 Å². The van der Waals surface area contributed by atoms with E-state index in [1.54, 1.807) is 11.3 Å². The van der Waals surface area contributed by atoms with Crippen LogP contribution in [0.25, 0.3) is 0 Å². The Morgan fingerprint density at radius 1 is 1.47 bits per heavy atom. The van der Waals surface area contributed by atoms with Crippen LogP contribution in [-0.4, -0.2) is 29.9 Å². The number of nitrogens with zero attached hydrogens (tertiary/aromatic N) is 1. The highest BCUT2D eigenvalue weighted by atomic mass is 32.1. The summed E-state index contributed by atoms with van der Waals surface area (Å²) in [6.45, 7) is 2.94. The van der Waals surface area contributed by atoms with Gasteiger partial charge in [-0.25, -0.2) is 0 Å². The Labute approximate surface area is 106 Å². The van der Waals surface area contributed by atoms with Crippen molar-refractivity contribution in [2.24, 2.45) is 5.92 Å². The van der Waals surface area contributed by atoms with Gasteiger partial charge in [0, 0.05) is 19.0 Å². The molecule has 0 spiro atoms. The van der Waals surface area contributed by atoms with Gasteiger partial charge in [0.05, 0.1) is 0 Å². The minimum absolute atomic E-state index is 0.347. The van der Waals surface area contributed by atoms with Crippen LogP contribution in [0.1, 0.15) is 24.8 Å². The fourth-order valence-electron chi connectivity index (χ4n) is 3.04. The number of thiophene rings is 1. The van der Waals surface area contributed by atoms with E-state index in [0.717, 1.165) is 38.9 Å². The van der Waals surface area contributed by atoms with Crippen molar-refractivity contribution in [1.29, 1.82) is 0 Å². The van der Waals surface area contributed by atoms with Crippen molar-refractivity contribution in [2.45, 2.75) is 31.8 Å². The van der Waals surface area contributed by atoms with Gasteiger partial charge in [0.2, 0.25) is 5.91 Å². The Kier molecular flexibility index (Phi) is 3.16. The molecule has 3 rings (SSSR count). The second kappa shape index (κ2) is 4.78. The highest BCUT2D eigenvalue weighted by Crippen LogP contribution is 2.30. The first kappa shape index (κ1) is 11.2. The zero-order chi connectivity index (χ0) is 11.7. The van der Waals surface area contributed by atoms with Crippen LogP contribution in [0.2, 0.25) is 0 Å².